The van der Waals surface area contributed by atoms with Crippen molar-refractivity contribution in [2.75, 3.05) is 0 Å². The summed E-state index contributed by atoms with van der Waals surface area (Å²) in [5, 5.41) is 11.1. The summed E-state index contributed by atoms with van der Waals surface area (Å²) in [5.74, 6) is -0.784. The summed E-state index contributed by atoms with van der Waals surface area (Å²) in [4.78, 5) is 10.8. The van der Waals surface area contributed by atoms with Gasteiger partial charge in [-0.3, -0.25) is 4.79 Å². The molecule has 0 unspecified atom stereocenters. The van der Waals surface area contributed by atoms with Crippen molar-refractivity contribution in [2.45, 2.75) is 27.2 Å². The van der Waals surface area contributed by atoms with Crippen LogP contribution in [0.15, 0.2) is 24.3 Å². The predicted octanol–water partition coefficient (Wildman–Crippen LogP) is 3.39. The van der Waals surface area contributed by atoms with Gasteiger partial charge in [-0.1, -0.05) is 24.3 Å². The summed E-state index contributed by atoms with van der Waals surface area (Å²) in [5.41, 5.74) is 4.63. The average molecular weight is 228 g/mol. The minimum Gasteiger partial charge on any atom is -0.481 e. The second-order valence-electron chi connectivity index (χ2n) is 4.53. The van der Waals surface area contributed by atoms with E-state index in [4.69, 9.17) is 5.11 Å². The molecule has 1 N–H and O–H groups in total. The van der Waals surface area contributed by atoms with Crippen LogP contribution >= 0.6 is 0 Å². The van der Waals surface area contributed by atoms with E-state index in [0.717, 1.165) is 16.3 Å². The van der Waals surface area contributed by atoms with Gasteiger partial charge < -0.3 is 5.11 Å². The minimum atomic E-state index is -0.784. The summed E-state index contributed by atoms with van der Waals surface area (Å²) in [6, 6.07) is 7.98. The summed E-state index contributed by atoms with van der Waals surface area (Å²) in [7, 11) is 0. The quantitative estimate of drug-likeness (QED) is 0.855. The largest absolute Gasteiger partial charge is 0.481 e. The third-order valence-corrected chi connectivity index (χ3v) is 3.46. The number of aryl methyl sites for hydroxylation is 2. The van der Waals surface area contributed by atoms with Crippen molar-refractivity contribution in [1.82, 2.24) is 0 Å². The van der Waals surface area contributed by atoms with E-state index in [0.29, 0.717) is 0 Å². The van der Waals surface area contributed by atoms with E-state index < -0.39 is 5.97 Å². The Morgan fingerprint density at radius 2 is 1.82 bits per heavy atom. The lowest BCUT2D eigenvalue weighted by Gasteiger charge is -2.12. The Morgan fingerprint density at radius 3 is 2.47 bits per heavy atom. The molecule has 2 heteroatoms. The van der Waals surface area contributed by atoms with Gasteiger partial charge in [0, 0.05) is 0 Å². The molecule has 0 aliphatic heterocycles. The highest BCUT2D eigenvalue weighted by molar-refractivity contribution is 5.92. The average Bonchev–Trinajstić information content (AvgIpc) is 2.27. The fourth-order valence-electron chi connectivity index (χ4n) is 2.25. The molecule has 0 fully saturated rings. The number of hydrogen-bond acceptors (Lipinski definition) is 1. The second kappa shape index (κ2) is 4.21. The third kappa shape index (κ3) is 2.03. The predicted molar refractivity (Wildman–Crippen MR) is 69.5 cm³/mol. The molecule has 2 aromatic carbocycles. The van der Waals surface area contributed by atoms with Crippen LogP contribution in [0, 0.1) is 20.8 Å². The van der Waals surface area contributed by atoms with E-state index >= 15 is 0 Å². The van der Waals surface area contributed by atoms with Crippen LogP contribution in [0.3, 0.4) is 0 Å². The van der Waals surface area contributed by atoms with Gasteiger partial charge in [-0.15, -0.1) is 0 Å². The third-order valence-electron chi connectivity index (χ3n) is 3.46. The van der Waals surface area contributed by atoms with E-state index in [1.54, 1.807) is 0 Å². The molecular weight excluding hydrogens is 212 g/mol. The van der Waals surface area contributed by atoms with Gasteiger partial charge in [-0.2, -0.15) is 0 Å². The smallest absolute Gasteiger partial charge is 0.307 e. The Morgan fingerprint density at radius 1 is 1.12 bits per heavy atom. The van der Waals surface area contributed by atoms with Crippen LogP contribution in [0.5, 0.6) is 0 Å². The molecule has 0 amide bonds. The van der Waals surface area contributed by atoms with Crippen LogP contribution in [-0.2, 0) is 11.2 Å². The molecule has 2 aromatic rings. The van der Waals surface area contributed by atoms with Gasteiger partial charge in [0.15, 0.2) is 0 Å². The number of carbonyl (C=O) groups is 1. The molecule has 0 saturated heterocycles. The maximum absolute atomic E-state index is 10.8. The standard InChI is InChI=1S/C15H16O2/c1-9-7-14-12(8-15(16)17)5-4-6-13(14)11(3)10(9)2/h4-7H,8H2,1-3H3,(H,16,17). The molecule has 0 aliphatic rings. The number of rotatable bonds is 2. The minimum absolute atomic E-state index is 0.0826. The molecular formula is C15H16O2. The van der Waals surface area contributed by atoms with Gasteiger partial charge in [-0.25, -0.2) is 0 Å². The fraction of sp³-hybridized carbons (Fsp3) is 0.267. The Hall–Kier alpha value is -1.83. The van der Waals surface area contributed by atoms with E-state index in [-0.39, 0.29) is 6.42 Å². The van der Waals surface area contributed by atoms with Crippen molar-refractivity contribution in [1.29, 1.82) is 0 Å². The maximum atomic E-state index is 10.8. The molecule has 0 aliphatic carbocycles. The lowest BCUT2D eigenvalue weighted by molar-refractivity contribution is -0.136. The Balaban J connectivity index is 2.76. The highest BCUT2D eigenvalue weighted by Crippen LogP contribution is 2.27. The highest BCUT2D eigenvalue weighted by atomic mass is 16.4. The van der Waals surface area contributed by atoms with E-state index in [1.165, 1.54) is 16.7 Å². The van der Waals surface area contributed by atoms with Crippen LogP contribution in [0.4, 0.5) is 0 Å². The summed E-state index contributed by atoms with van der Waals surface area (Å²) in [6.07, 6.45) is 0.0826. The first kappa shape index (κ1) is 11.6. The number of fused-ring (bicyclic) bond motifs is 1. The van der Waals surface area contributed by atoms with Crippen LogP contribution in [-0.4, -0.2) is 11.1 Å². The van der Waals surface area contributed by atoms with Crippen molar-refractivity contribution >= 4 is 16.7 Å². The Bertz CT molecular complexity index is 597. The van der Waals surface area contributed by atoms with Crippen LogP contribution < -0.4 is 0 Å². The lowest BCUT2D eigenvalue weighted by atomic mass is 9.93. The molecule has 0 atom stereocenters. The molecule has 0 radical (unpaired) electrons. The monoisotopic (exact) mass is 228 g/mol. The summed E-state index contributed by atoms with van der Waals surface area (Å²) < 4.78 is 0. The van der Waals surface area contributed by atoms with Crippen LogP contribution in [0.1, 0.15) is 22.3 Å². The Kier molecular flexibility index (Phi) is 2.88. The molecule has 2 nitrogen and oxygen atoms in total. The van der Waals surface area contributed by atoms with Gasteiger partial charge in [0.05, 0.1) is 6.42 Å². The number of carboxylic acid groups (broad SMARTS) is 1. The van der Waals surface area contributed by atoms with Crippen molar-refractivity contribution < 1.29 is 9.90 Å². The summed E-state index contributed by atoms with van der Waals surface area (Å²) >= 11 is 0. The zero-order chi connectivity index (χ0) is 12.6. The van der Waals surface area contributed by atoms with Crippen LogP contribution in [0.25, 0.3) is 10.8 Å². The molecule has 0 aromatic heterocycles. The van der Waals surface area contributed by atoms with Crippen molar-refractivity contribution in [2.24, 2.45) is 0 Å². The number of aliphatic carboxylic acids is 1. The molecule has 0 heterocycles. The number of benzene rings is 2. The van der Waals surface area contributed by atoms with Gasteiger partial charge in [-0.05, 0) is 53.8 Å². The van der Waals surface area contributed by atoms with Gasteiger partial charge >= 0.3 is 5.97 Å². The molecule has 17 heavy (non-hydrogen) atoms. The van der Waals surface area contributed by atoms with E-state index in [1.807, 2.05) is 12.1 Å². The first-order valence-electron chi connectivity index (χ1n) is 5.71. The second-order valence-corrected chi connectivity index (χ2v) is 4.53. The first-order chi connectivity index (χ1) is 8.00. The van der Waals surface area contributed by atoms with Crippen molar-refractivity contribution in [3.63, 3.8) is 0 Å². The van der Waals surface area contributed by atoms with Crippen molar-refractivity contribution in [3.8, 4) is 0 Å². The zero-order valence-corrected chi connectivity index (χ0v) is 10.4. The zero-order valence-electron chi connectivity index (χ0n) is 10.4. The highest BCUT2D eigenvalue weighted by Gasteiger charge is 2.09. The molecule has 0 spiro atoms. The normalized spacial score (nSPS) is 10.8. The molecule has 0 bridgehead atoms. The molecule has 0 saturated carbocycles. The number of carboxylic acids is 1. The fourth-order valence-corrected chi connectivity index (χ4v) is 2.25. The number of hydrogen-bond donors (Lipinski definition) is 1. The topological polar surface area (TPSA) is 37.3 Å². The molecule has 88 valence electrons. The van der Waals surface area contributed by atoms with E-state index in [9.17, 15) is 4.79 Å². The first-order valence-corrected chi connectivity index (χ1v) is 5.71. The maximum Gasteiger partial charge on any atom is 0.307 e. The SMILES string of the molecule is Cc1cc2c(CC(=O)O)cccc2c(C)c1C. The lowest BCUT2D eigenvalue weighted by Crippen LogP contribution is -2.01. The van der Waals surface area contributed by atoms with Crippen LogP contribution in [0.2, 0.25) is 0 Å². The van der Waals surface area contributed by atoms with Gasteiger partial charge in [0.2, 0.25) is 0 Å². The van der Waals surface area contributed by atoms with Gasteiger partial charge in [0.25, 0.3) is 0 Å². The Labute approximate surface area is 101 Å². The summed E-state index contributed by atoms with van der Waals surface area (Å²) in [6.45, 7) is 6.27. The van der Waals surface area contributed by atoms with Gasteiger partial charge in [0.1, 0.15) is 0 Å². The molecule has 2 rings (SSSR count). The van der Waals surface area contributed by atoms with Crippen molar-refractivity contribution in [3.05, 3.63) is 46.5 Å². The van der Waals surface area contributed by atoms with E-state index in [2.05, 4.69) is 32.9 Å².